The van der Waals surface area contributed by atoms with E-state index in [4.69, 9.17) is 0 Å². The molecule has 4 heteroatoms. The predicted molar refractivity (Wildman–Crippen MR) is 65.6 cm³/mol. The van der Waals surface area contributed by atoms with Gasteiger partial charge in [0.05, 0.1) is 0 Å². The van der Waals surface area contributed by atoms with Gasteiger partial charge in [-0.15, -0.1) is 11.3 Å². The van der Waals surface area contributed by atoms with Crippen LogP contribution in [-0.2, 0) is 4.79 Å². The normalized spacial score (nSPS) is 21.0. The molecule has 2 N–H and O–H groups in total. The molecule has 0 bridgehead atoms. The van der Waals surface area contributed by atoms with E-state index in [-0.39, 0.29) is 11.9 Å². The maximum Gasteiger partial charge on any atom is 0.241 e. The van der Waals surface area contributed by atoms with Crippen LogP contribution in [0.4, 0.5) is 0 Å². The maximum absolute atomic E-state index is 11.8. The van der Waals surface area contributed by atoms with Crippen LogP contribution in [-0.4, -0.2) is 19.0 Å². The van der Waals surface area contributed by atoms with Crippen LogP contribution in [0.3, 0.4) is 0 Å². The number of hydrogen-bond donors (Lipinski definition) is 2. The van der Waals surface area contributed by atoms with Crippen LogP contribution in [0.2, 0.25) is 0 Å². The van der Waals surface area contributed by atoms with Crippen LogP contribution in [0.5, 0.6) is 0 Å². The Morgan fingerprint density at radius 3 is 3.00 bits per heavy atom. The average molecular weight is 232 g/mol. The molecule has 1 amide bonds. The lowest BCUT2D eigenvalue weighted by molar-refractivity contribution is -0.124. The minimum absolute atomic E-state index is 0.0785. The maximum atomic E-state index is 11.8. The zero-order valence-corrected chi connectivity index (χ0v) is 9.51. The van der Waals surface area contributed by atoms with Gasteiger partial charge in [-0.3, -0.25) is 4.79 Å². The minimum atomic E-state index is -0.190. The molecule has 0 saturated carbocycles. The number of piperazine rings is 1. The number of thiophene rings is 1. The number of rotatable bonds is 1. The second-order valence-corrected chi connectivity index (χ2v) is 4.78. The summed E-state index contributed by atoms with van der Waals surface area (Å²) in [6.45, 7) is 1.55. The molecule has 1 aromatic carbocycles. The van der Waals surface area contributed by atoms with Crippen LogP contribution in [0.1, 0.15) is 11.6 Å². The Kier molecular flexibility index (Phi) is 2.38. The van der Waals surface area contributed by atoms with E-state index in [9.17, 15) is 4.79 Å². The third-order valence-electron chi connectivity index (χ3n) is 2.86. The molecule has 1 unspecified atom stereocenters. The molecule has 3 rings (SSSR count). The molecule has 1 aromatic heterocycles. The fourth-order valence-electron chi connectivity index (χ4n) is 2.07. The number of benzene rings is 1. The van der Waals surface area contributed by atoms with Gasteiger partial charge in [-0.1, -0.05) is 18.2 Å². The summed E-state index contributed by atoms with van der Waals surface area (Å²) in [5.74, 6) is 0.0785. The molecule has 1 aliphatic heterocycles. The molecule has 1 saturated heterocycles. The first kappa shape index (κ1) is 9.81. The Labute approximate surface area is 97.5 Å². The van der Waals surface area contributed by atoms with Gasteiger partial charge in [0.15, 0.2) is 0 Å². The van der Waals surface area contributed by atoms with Crippen LogP contribution in [0.25, 0.3) is 10.1 Å². The lowest BCUT2D eigenvalue weighted by atomic mass is 10.0. The monoisotopic (exact) mass is 232 g/mol. The molecule has 0 aliphatic carbocycles. The molecule has 3 nitrogen and oxygen atoms in total. The van der Waals surface area contributed by atoms with Gasteiger partial charge in [0, 0.05) is 17.8 Å². The van der Waals surface area contributed by atoms with Gasteiger partial charge >= 0.3 is 0 Å². The highest BCUT2D eigenvalue weighted by molar-refractivity contribution is 7.17. The SMILES string of the molecule is O=C1NCCNC1c1csc2ccccc12. The van der Waals surface area contributed by atoms with Gasteiger partial charge in [-0.05, 0) is 22.4 Å². The van der Waals surface area contributed by atoms with E-state index < -0.39 is 0 Å². The molecule has 0 radical (unpaired) electrons. The minimum Gasteiger partial charge on any atom is -0.353 e. The first-order valence-electron chi connectivity index (χ1n) is 5.33. The van der Waals surface area contributed by atoms with Gasteiger partial charge in [-0.25, -0.2) is 0 Å². The van der Waals surface area contributed by atoms with Crippen molar-refractivity contribution in [2.24, 2.45) is 0 Å². The summed E-state index contributed by atoms with van der Waals surface area (Å²) in [5, 5.41) is 9.41. The van der Waals surface area contributed by atoms with E-state index in [1.54, 1.807) is 11.3 Å². The van der Waals surface area contributed by atoms with Gasteiger partial charge < -0.3 is 10.6 Å². The quantitative estimate of drug-likeness (QED) is 0.785. The molecule has 2 aromatic rings. The topological polar surface area (TPSA) is 41.1 Å². The number of carbonyl (C=O) groups is 1. The van der Waals surface area contributed by atoms with Gasteiger partial charge in [-0.2, -0.15) is 0 Å². The first-order valence-corrected chi connectivity index (χ1v) is 6.21. The van der Waals surface area contributed by atoms with Gasteiger partial charge in [0.2, 0.25) is 5.91 Å². The summed E-state index contributed by atoms with van der Waals surface area (Å²) in [5.41, 5.74) is 1.10. The summed E-state index contributed by atoms with van der Waals surface area (Å²) < 4.78 is 1.23. The largest absolute Gasteiger partial charge is 0.353 e. The highest BCUT2D eigenvalue weighted by Crippen LogP contribution is 2.30. The third kappa shape index (κ3) is 1.50. The van der Waals surface area contributed by atoms with E-state index >= 15 is 0 Å². The summed E-state index contributed by atoms with van der Waals surface area (Å²) in [6.07, 6.45) is 0. The lowest BCUT2D eigenvalue weighted by Crippen LogP contribution is -2.47. The number of nitrogens with one attached hydrogen (secondary N) is 2. The molecule has 1 fully saturated rings. The Morgan fingerprint density at radius 1 is 1.25 bits per heavy atom. The van der Waals surface area contributed by atoms with Gasteiger partial charge in [0.25, 0.3) is 0 Å². The zero-order chi connectivity index (χ0) is 11.0. The molecule has 1 aliphatic rings. The Morgan fingerprint density at radius 2 is 2.12 bits per heavy atom. The third-order valence-corrected chi connectivity index (χ3v) is 3.84. The van der Waals surface area contributed by atoms with Crippen molar-refractivity contribution in [2.45, 2.75) is 6.04 Å². The first-order chi connectivity index (χ1) is 7.86. The van der Waals surface area contributed by atoms with E-state index in [1.807, 2.05) is 12.1 Å². The van der Waals surface area contributed by atoms with Crippen LogP contribution < -0.4 is 10.6 Å². The fraction of sp³-hybridized carbons (Fsp3) is 0.250. The van der Waals surface area contributed by atoms with Crippen molar-refractivity contribution in [1.82, 2.24) is 10.6 Å². The van der Waals surface area contributed by atoms with Crippen molar-refractivity contribution < 1.29 is 4.79 Å². The lowest BCUT2D eigenvalue weighted by Gasteiger charge is -2.23. The Hall–Kier alpha value is -1.39. The van der Waals surface area contributed by atoms with E-state index in [2.05, 4.69) is 28.1 Å². The molecule has 16 heavy (non-hydrogen) atoms. The molecule has 1 atom stereocenters. The second kappa shape index (κ2) is 3.88. The van der Waals surface area contributed by atoms with Crippen molar-refractivity contribution in [2.75, 3.05) is 13.1 Å². The molecule has 82 valence electrons. The number of amides is 1. The van der Waals surface area contributed by atoms with Crippen molar-refractivity contribution in [3.05, 3.63) is 35.2 Å². The van der Waals surface area contributed by atoms with Crippen molar-refractivity contribution >= 4 is 27.3 Å². The van der Waals surface area contributed by atoms with Crippen molar-refractivity contribution in [3.8, 4) is 0 Å². The average Bonchev–Trinajstić information content (AvgIpc) is 2.74. The summed E-state index contributed by atoms with van der Waals surface area (Å²) in [4.78, 5) is 11.8. The zero-order valence-electron chi connectivity index (χ0n) is 8.69. The van der Waals surface area contributed by atoms with Crippen LogP contribution >= 0.6 is 11.3 Å². The van der Waals surface area contributed by atoms with Crippen LogP contribution in [0, 0.1) is 0 Å². The van der Waals surface area contributed by atoms with E-state index in [1.165, 1.54) is 10.1 Å². The van der Waals surface area contributed by atoms with Crippen molar-refractivity contribution in [3.63, 3.8) is 0 Å². The molecule has 0 spiro atoms. The predicted octanol–water partition coefficient (Wildman–Crippen LogP) is 1.66. The fourth-order valence-corrected chi connectivity index (χ4v) is 3.06. The Balaban J connectivity index is 2.08. The van der Waals surface area contributed by atoms with E-state index in [0.717, 1.165) is 18.7 Å². The Bertz CT molecular complexity index is 535. The van der Waals surface area contributed by atoms with Gasteiger partial charge in [0.1, 0.15) is 6.04 Å². The second-order valence-electron chi connectivity index (χ2n) is 3.87. The molecular weight excluding hydrogens is 220 g/mol. The van der Waals surface area contributed by atoms with E-state index in [0.29, 0.717) is 0 Å². The molecule has 2 heterocycles. The highest BCUT2D eigenvalue weighted by atomic mass is 32.1. The molecular formula is C12H12N2OS. The smallest absolute Gasteiger partial charge is 0.241 e. The van der Waals surface area contributed by atoms with Crippen molar-refractivity contribution in [1.29, 1.82) is 0 Å². The summed E-state index contributed by atoms with van der Waals surface area (Å²) in [7, 11) is 0. The number of hydrogen-bond acceptors (Lipinski definition) is 3. The summed E-state index contributed by atoms with van der Waals surface area (Å²) >= 11 is 1.69. The highest BCUT2D eigenvalue weighted by Gasteiger charge is 2.25. The summed E-state index contributed by atoms with van der Waals surface area (Å²) in [6, 6.07) is 8.01. The number of carbonyl (C=O) groups excluding carboxylic acids is 1. The number of fused-ring (bicyclic) bond motifs is 1. The van der Waals surface area contributed by atoms with Crippen LogP contribution in [0.15, 0.2) is 29.6 Å². The standard InChI is InChI=1S/C12H12N2OS/c15-12-11(13-5-6-14-12)9-7-16-10-4-2-1-3-8(9)10/h1-4,7,11,13H,5-6H2,(H,14,15).